The first-order valence-corrected chi connectivity index (χ1v) is 7.32. The van der Waals surface area contributed by atoms with Crippen molar-refractivity contribution in [1.29, 1.82) is 0 Å². The van der Waals surface area contributed by atoms with E-state index in [4.69, 9.17) is 4.74 Å². The molecule has 18 heavy (non-hydrogen) atoms. The number of rotatable bonds is 4. The summed E-state index contributed by atoms with van der Waals surface area (Å²) in [5.74, 6) is 3.62. The largest absolute Gasteiger partial charge is 0.469 e. The van der Waals surface area contributed by atoms with Crippen LogP contribution in [0.25, 0.3) is 0 Å². The maximum Gasteiger partial charge on any atom is 0.308 e. The standard InChI is InChI=1S/C16H26O2/c1-5-7-13-14(16(17)18-4)9-12-8-11(6-2)10(3)15(12)13/h5,10-15H,1,6-9H2,2-4H3/t10-,11+,12+,13+,14-,15+/m0/s1. The Bertz CT molecular complexity index is 323. The van der Waals surface area contributed by atoms with Crippen LogP contribution in [-0.2, 0) is 9.53 Å². The normalized spacial score (nSPS) is 42.6. The van der Waals surface area contributed by atoms with Crippen LogP contribution in [0.1, 0.15) is 39.5 Å². The molecule has 0 aromatic carbocycles. The van der Waals surface area contributed by atoms with E-state index in [9.17, 15) is 4.79 Å². The number of fused-ring (bicyclic) bond motifs is 1. The SMILES string of the molecule is C=CC[C@H]1[C@H]2[C@H](C[C@@H](CC)[C@@H]2C)C[C@@H]1C(=O)OC. The number of methoxy groups -OCH3 is 1. The van der Waals surface area contributed by atoms with Crippen LogP contribution in [0.15, 0.2) is 12.7 Å². The minimum atomic E-state index is -0.00324. The van der Waals surface area contributed by atoms with Gasteiger partial charge in [-0.1, -0.05) is 26.3 Å². The first kappa shape index (κ1) is 13.6. The summed E-state index contributed by atoms with van der Waals surface area (Å²) in [6.45, 7) is 8.55. The van der Waals surface area contributed by atoms with Gasteiger partial charge in [0.25, 0.3) is 0 Å². The summed E-state index contributed by atoms with van der Waals surface area (Å²) >= 11 is 0. The van der Waals surface area contributed by atoms with Gasteiger partial charge in [0.05, 0.1) is 13.0 Å². The number of hydrogen-bond donors (Lipinski definition) is 0. The molecule has 0 unspecified atom stereocenters. The topological polar surface area (TPSA) is 26.3 Å². The lowest BCUT2D eigenvalue weighted by Crippen LogP contribution is -2.27. The van der Waals surface area contributed by atoms with E-state index in [1.54, 1.807) is 0 Å². The highest BCUT2D eigenvalue weighted by Crippen LogP contribution is 2.57. The Labute approximate surface area is 111 Å². The summed E-state index contributed by atoms with van der Waals surface area (Å²) in [4.78, 5) is 11.9. The molecule has 2 nitrogen and oxygen atoms in total. The minimum absolute atomic E-state index is 0.00324. The number of ether oxygens (including phenoxy) is 1. The molecule has 0 aromatic rings. The van der Waals surface area contributed by atoms with Crippen LogP contribution >= 0.6 is 0 Å². The monoisotopic (exact) mass is 250 g/mol. The summed E-state index contributed by atoms with van der Waals surface area (Å²) in [6, 6.07) is 0. The summed E-state index contributed by atoms with van der Waals surface area (Å²) in [7, 11) is 1.51. The molecule has 102 valence electrons. The fourth-order valence-electron chi connectivity index (χ4n) is 4.74. The zero-order valence-corrected chi connectivity index (χ0v) is 11.9. The van der Waals surface area contributed by atoms with Gasteiger partial charge in [0.2, 0.25) is 0 Å². The van der Waals surface area contributed by atoms with Crippen LogP contribution in [0.2, 0.25) is 0 Å². The Morgan fingerprint density at radius 3 is 2.72 bits per heavy atom. The average molecular weight is 250 g/mol. The minimum Gasteiger partial charge on any atom is -0.469 e. The molecule has 2 heteroatoms. The van der Waals surface area contributed by atoms with E-state index in [0.29, 0.717) is 11.8 Å². The molecular formula is C16H26O2. The van der Waals surface area contributed by atoms with Crippen molar-refractivity contribution < 1.29 is 9.53 Å². The Kier molecular flexibility index (Phi) is 4.14. The highest BCUT2D eigenvalue weighted by molar-refractivity contribution is 5.73. The third kappa shape index (κ3) is 2.10. The van der Waals surface area contributed by atoms with Gasteiger partial charge in [-0.3, -0.25) is 4.79 Å². The highest BCUT2D eigenvalue weighted by Gasteiger charge is 2.53. The van der Waals surface area contributed by atoms with E-state index in [1.807, 2.05) is 6.08 Å². The molecule has 0 amide bonds. The van der Waals surface area contributed by atoms with Gasteiger partial charge in [0, 0.05) is 0 Å². The van der Waals surface area contributed by atoms with Gasteiger partial charge in [-0.05, 0) is 48.9 Å². The molecule has 0 aromatic heterocycles. The molecule has 6 atom stereocenters. The number of esters is 1. The van der Waals surface area contributed by atoms with Crippen LogP contribution in [-0.4, -0.2) is 13.1 Å². The molecular weight excluding hydrogens is 224 g/mol. The molecule has 0 spiro atoms. The predicted molar refractivity (Wildman–Crippen MR) is 73.0 cm³/mol. The zero-order chi connectivity index (χ0) is 13.3. The second kappa shape index (κ2) is 5.46. The summed E-state index contributed by atoms with van der Waals surface area (Å²) < 4.78 is 4.99. The first-order valence-electron chi connectivity index (χ1n) is 7.32. The van der Waals surface area contributed by atoms with Gasteiger partial charge in [0.1, 0.15) is 0 Å². The van der Waals surface area contributed by atoms with Gasteiger partial charge in [-0.2, -0.15) is 0 Å². The van der Waals surface area contributed by atoms with Gasteiger partial charge >= 0.3 is 5.97 Å². The van der Waals surface area contributed by atoms with Crippen molar-refractivity contribution in [3.05, 3.63) is 12.7 Å². The molecule has 2 saturated carbocycles. The number of carbonyl (C=O) groups excluding carboxylic acids is 1. The predicted octanol–water partition coefficient (Wildman–Crippen LogP) is 3.67. The van der Waals surface area contributed by atoms with Crippen molar-refractivity contribution >= 4 is 5.97 Å². The summed E-state index contributed by atoms with van der Waals surface area (Å²) in [5.41, 5.74) is 0. The van der Waals surface area contributed by atoms with E-state index in [2.05, 4.69) is 20.4 Å². The van der Waals surface area contributed by atoms with Crippen LogP contribution in [0, 0.1) is 35.5 Å². The molecule has 0 bridgehead atoms. The van der Waals surface area contributed by atoms with Crippen molar-refractivity contribution in [2.24, 2.45) is 35.5 Å². The fraction of sp³-hybridized carbons (Fsp3) is 0.812. The molecule has 0 heterocycles. The van der Waals surface area contributed by atoms with Crippen molar-refractivity contribution in [2.45, 2.75) is 39.5 Å². The third-order valence-corrected chi connectivity index (χ3v) is 5.54. The van der Waals surface area contributed by atoms with Crippen LogP contribution < -0.4 is 0 Å². The number of hydrogen-bond acceptors (Lipinski definition) is 2. The quantitative estimate of drug-likeness (QED) is 0.562. The Morgan fingerprint density at radius 2 is 2.17 bits per heavy atom. The van der Waals surface area contributed by atoms with E-state index in [0.717, 1.165) is 30.6 Å². The Balaban J connectivity index is 2.18. The number of allylic oxidation sites excluding steroid dienone is 1. The van der Waals surface area contributed by atoms with Crippen molar-refractivity contribution in [3.63, 3.8) is 0 Å². The second-order valence-corrected chi connectivity index (χ2v) is 6.15. The molecule has 2 fully saturated rings. The maximum absolute atomic E-state index is 11.9. The van der Waals surface area contributed by atoms with Gasteiger partial charge in [0.15, 0.2) is 0 Å². The van der Waals surface area contributed by atoms with E-state index in [1.165, 1.54) is 20.0 Å². The first-order chi connectivity index (χ1) is 8.63. The average Bonchev–Trinajstić information content (AvgIpc) is 2.87. The smallest absolute Gasteiger partial charge is 0.308 e. The second-order valence-electron chi connectivity index (χ2n) is 6.15. The van der Waals surface area contributed by atoms with Crippen molar-refractivity contribution in [3.8, 4) is 0 Å². The molecule has 0 N–H and O–H groups in total. The lowest BCUT2D eigenvalue weighted by molar-refractivity contribution is -0.147. The zero-order valence-electron chi connectivity index (χ0n) is 11.9. The Morgan fingerprint density at radius 1 is 1.44 bits per heavy atom. The molecule has 2 rings (SSSR count). The van der Waals surface area contributed by atoms with Crippen LogP contribution in [0.4, 0.5) is 0 Å². The summed E-state index contributed by atoms with van der Waals surface area (Å²) in [5, 5.41) is 0. The molecule has 0 saturated heterocycles. The van der Waals surface area contributed by atoms with Gasteiger partial charge in [-0.15, -0.1) is 6.58 Å². The number of carbonyl (C=O) groups is 1. The van der Waals surface area contributed by atoms with Gasteiger partial charge < -0.3 is 4.74 Å². The molecule has 0 aliphatic heterocycles. The maximum atomic E-state index is 11.9. The lowest BCUT2D eigenvalue weighted by Gasteiger charge is -2.27. The van der Waals surface area contributed by atoms with E-state index >= 15 is 0 Å². The van der Waals surface area contributed by atoms with Crippen LogP contribution in [0.5, 0.6) is 0 Å². The van der Waals surface area contributed by atoms with E-state index < -0.39 is 0 Å². The molecule has 2 aliphatic carbocycles. The van der Waals surface area contributed by atoms with Gasteiger partial charge in [-0.25, -0.2) is 0 Å². The third-order valence-electron chi connectivity index (χ3n) is 5.54. The Hall–Kier alpha value is -0.790. The molecule has 0 radical (unpaired) electrons. The van der Waals surface area contributed by atoms with Crippen molar-refractivity contribution in [1.82, 2.24) is 0 Å². The summed E-state index contributed by atoms with van der Waals surface area (Å²) in [6.07, 6.45) is 6.56. The van der Waals surface area contributed by atoms with E-state index in [-0.39, 0.29) is 11.9 Å². The fourth-order valence-corrected chi connectivity index (χ4v) is 4.74. The molecule has 2 aliphatic rings. The van der Waals surface area contributed by atoms with Crippen LogP contribution in [0.3, 0.4) is 0 Å². The lowest BCUT2D eigenvalue weighted by atomic mass is 9.78. The van der Waals surface area contributed by atoms with Crippen molar-refractivity contribution in [2.75, 3.05) is 7.11 Å². The highest BCUT2D eigenvalue weighted by atomic mass is 16.5.